The number of ether oxygens (including phenoxy) is 1. The first-order valence-electron chi connectivity index (χ1n) is 6.90. The van der Waals surface area contributed by atoms with Gasteiger partial charge in [-0.2, -0.15) is 0 Å². The van der Waals surface area contributed by atoms with Crippen molar-refractivity contribution in [3.05, 3.63) is 63.8 Å². The Kier molecular flexibility index (Phi) is 4.03. The molecule has 0 radical (unpaired) electrons. The number of hydrogen-bond acceptors (Lipinski definition) is 3. The van der Waals surface area contributed by atoms with E-state index in [9.17, 15) is 4.79 Å². The second-order valence-electron chi connectivity index (χ2n) is 5.14. The van der Waals surface area contributed by atoms with E-state index in [2.05, 4.69) is 15.9 Å². The summed E-state index contributed by atoms with van der Waals surface area (Å²) >= 11 is 3.46. The minimum absolute atomic E-state index is 0.0371. The van der Waals surface area contributed by atoms with Gasteiger partial charge in [0.1, 0.15) is 17.1 Å². The third kappa shape index (κ3) is 2.66. The van der Waals surface area contributed by atoms with Crippen LogP contribution in [0.4, 0.5) is 0 Å². The highest BCUT2D eigenvalue weighted by molar-refractivity contribution is 9.08. The lowest BCUT2D eigenvalue weighted by molar-refractivity contribution is 0.415. The van der Waals surface area contributed by atoms with Gasteiger partial charge >= 0.3 is 0 Å². The summed E-state index contributed by atoms with van der Waals surface area (Å²) < 4.78 is 11.2. The van der Waals surface area contributed by atoms with E-state index in [4.69, 9.17) is 9.15 Å². The van der Waals surface area contributed by atoms with Crippen LogP contribution in [0.2, 0.25) is 0 Å². The molecule has 4 heteroatoms. The molecule has 22 heavy (non-hydrogen) atoms. The average Bonchev–Trinajstić information content (AvgIpc) is 2.54. The van der Waals surface area contributed by atoms with Gasteiger partial charge in [0, 0.05) is 22.5 Å². The monoisotopic (exact) mass is 358 g/mol. The molecule has 0 N–H and O–H groups in total. The summed E-state index contributed by atoms with van der Waals surface area (Å²) in [5.41, 5.74) is 3.43. The zero-order valence-electron chi connectivity index (χ0n) is 12.4. The van der Waals surface area contributed by atoms with Crippen molar-refractivity contribution >= 4 is 26.9 Å². The van der Waals surface area contributed by atoms with E-state index < -0.39 is 0 Å². The van der Waals surface area contributed by atoms with Crippen LogP contribution < -0.4 is 10.2 Å². The molecule has 0 aliphatic heterocycles. The number of fused-ring (bicyclic) bond motifs is 1. The van der Waals surface area contributed by atoms with E-state index in [-0.39, 0.29) is 5.43 Å². The van der Waals surface area contributed by atoms with Gasteiger partial charge in [0.15, 0.2) is 5.43 Å². The van der Waals surface area contributed by atoms with Gasteiger partial charge in [-0.15, -0.1) is 0 Å². The SMILES string of the molecule is COc1cccc(-c2cc(=O)c3cc(C)cc(CBr)c3o2)c1. The lowest BCUT2D eigenvalue weighted by atomic mass is 10.1. The van der Waals surface area contributed by atoms with Crippen molar-refractivity contribution in [2.75, 3.05) is 7.11 Å². The molecule has 0 spiro atoms. The zero-order chi connectivity index (χ0) is 15.7. The van der Waals surface area contributed by atoms with Crippen LogP contribution in [-0.2, 0) is 5.33 Å². The molecule has 112 valence electrons. The molecule has 0 unspecified atom stereocenters. The summed E-state index contributed by atoms with van der Waals surface area (Å²) in [6.07, 6.45) is 0. The smallest absolute Gasteiger partial charge is 0.193 e. The molecule has 1 heterocycles. The predicted molar refractivity (Wildman–Crippen MR) is 91.8 cm³/mol. The number of alkyl halides is 1. The third-order valence-electron chi connectivity index (χ3n) is 3.55. The Bertz CT molecular complexity index is 896. The molecule has 0 fully saturated rings. The first kappa shape index (κ1) is 14.9. The number of halogens is 1. The van der Waals surface area contributed by atoms with Gasteiger partial charge in [-0.3, -0.25) is 4.79 Å². The van der Waals surface area contributed by atoms with Gasteiger partial charge in [-0.25, -0.2) is 0 Å². The van der Waals surface area contributed by atoms with Gasteiger partial charge in [0.25, 0.3) is 0 Å². The van der Waals surface area contributed by atoms with E-state index in [1.807, 2.05) is 43.3 Å². The average molecular weight is 359 g/mol. The number of rotatable bonds is 3. The summed E-state index contributed by atoms with van der Waals surface area (Å²) in [6.45, 7) is 1.97. The maximum atomic E-state index is 12.4. The molecule has 0 aliphatic carbocycles. The maximum Gasteiger partial charge on any atom is 0.193 e. The minimum atomic E-state index is -0.0371. The van der Waals surface area contributed by atoms with Crippen molar-refractivity contribution in [2.45, 2.75) is 12.3 Å². The van der Waals surface area contributed by atoms with E-state index in [0.29, 0.717) is 22.1 Å². The molecule has 0 aliphatic rings. The fourth-order valence-corrected chi connectivity index (χ4v) is 2.92. The largest absolute Gasteiger partial charge is 0.497 e. The van der Waals surface area contributed by atoms with E-state index >= 15 is 0 Å². The topological polar surface area (TPSA) is 39.4 Å². The molecule has 0 saturated heterocycles. The van der Waals surface area contributed by atoms with Crippen molar-refractivity contribution in [2.24, 2.45) is 0 Å². The molecule has 0 amide bonds. The van der Waals surface area contributed by atoms with E-state index in [1.165, 1.54) is 6.07 Å². The molecule has 3 nitrogen and oxygen atoms in total. The first-order valence-corrected chi connectivity index (χ1v) is 8.02. The van der Waals surface area contributed by atoms with Crippen LogP contribution in [0.15, 0.2) is 51.7 Å². The Morgan fingerprint density at radius 2 is 2.00 bits per heavy atom. The van der Waals surface area contributed by atoms with Crippen molar-refractivity contribution in [3.8, 4) is 17.1 Å². The highest BCUT2D eigenvalue weighted by Crippen LogP contribution is 2.28. The summed E-state index contributed by atoms with van der Waals surface area (Å²) in [5.74, 6) is 1.27. The van der Waals surface area contributed by atoms with Crippen molar-refractivity contribution in [3.63, 3.8) is 0 Å². The number of benzene rings is 2. The van der Waals surface area contributed by atoms with Crippen LogP contribution in [0.3, 0.4) is 0 Å². The van der Waals surface area contributed by atoms with Crippen LogP contribution in [0.1, 0.15) is 11.1 Å². The fraction of sp³-hybridized carbons (Fsp3) is 0.167. The van der Waals surface area contributed by atoms with Crippen LogP contribution in [0, 0.1) is 6.92 Å². The number of aryl methyl sites for hydroxylation is 1. The maximum absolute atomic E-state index is 12.4. The Labute approximate surface area is 136 Å². The van der Waals surface area contributed by atoms with E-state index in [0.717, 1.165) is 22.4 Å². The Hall–Kier alpha value is -2.07. The molecule has 0 atom stereocenters. The van der Waals surface area contributed by atoms with E-state index in [1.54, 1.807) is 7.11 Å². The van der Waals surface area contributed by atoms with Gasteiger partial charge < -0.3 is 9.15 Å². The second kappa shape index (κ2) is 5.97. The first-order chi connectivity index (χ1) is 10.6. The van der Waals surface area contributed by atoms with Crippen molar-refractivity contribution < 1.29 is 9.15 Å². The van der Waals surface area contributed by atoms with Crippen LogP contribution in [0.25, 0.3) is 22.3 Å². The second-order valence-corrected chi connectivity index (χ2v) is 5.70. The van der Waals surface area contributed by atoms with Crippen molar-refractivity contribution in [1.82, 2.24) is 0 Å². The molecule has 2 aromatic carbocycles. The molecule has 0 saturated carbocycles. The molecular weight excluding hydrogens is 344 g/mol. The van der Waals surface area contributed by atoms with Crippen LogP contribution in [-0.4, -0.2) is 7.11 Å². The lowest BCUT2D eigenvalue weighted by Crippen LogP contribution is -2.02. The highest BCUT2D eigenvalue weighted by Gasteiger charge is 2.11. The molecule has 3 rings (SSSR count). The van der Waals surface area contributed by atoms with Gasteiger partial charge in [0.2, 0.25) is 0 Å². The van der Waals surface area contributed by atoms with Gasteiger partial charge in [-0.1, -0.05) is 34.1 Å². The quantitative estimate of drug-likeness (QED) is 0.638. The summed E-state index contributed by atoms with van der Waals surface area (Å²) in [4.78, 5) is 12.4. The normalized spacial score (nSPS) is 10.9. The Morgan fingerprint density at radius 1 is 1.18 bits per heavy atom. The minimum Gasteiger partial charge on any atom is -0.497 e. The Balaban J connectivity index is 2.28. The summed E-state index contributed by atoms with van der Waals surface area (Å²) in [6, 6.07) is 12.9. The molecule has 0 bridgehead atoms. The lowest BCUT2D eigenvalue weighted by Gasteiger charge is -2.08. The third-order valence-corrected chi connectivity index (χ3v) is 4.15. The van der Waals surface area contributed by atoms with Gasteiger partial charge in [0.05, 0.1) is 12.5 Å². The van der Waals surface area contributed by atoms with Crippen LogP contribution >= 0.6 is 15.9 Å². The number of methoxy groups -OCH3 is 1. The van der Waals surface area contributed by atoms with Crippen molar-refractivity contribution in [1.29, 1.82) is 0 Å². The number of hydrogen-bond donors (Lipinski definition) is 0. The predicted octanol–water partition coefficient (Wildman–Crippen LogP) is 4.67. The highest BCUT2D eigenvalue weighted by atomic mass is 79.9. The fourth-order valence-electron chi connectivity index (χ4n) is 2.51. The Morgan fingerprint density at radius 3 is 2.73 bits per heavy atom. The molecule has 1 aromatic heterocycles. The van der Waals surface area contributed by atoms with Gasteiger partial charge in [-0.05, 0) is 30.7 Å². The summed E-state index contributed by atoms with van der Waals surface area (Å²) in [7, 11) is 1.61. The molecular formula is C18H15BrO3. The summed E-state index contributed by atoms with van der Waals surface area (Å²) in [5, 5.41) is 1.25. The molecule has 3 aromatic rings. The zero-order valence-corrected chi connectivity index (χ0v) is 13.9. The standard InChI is InChI=1S/C18H15BrO3/c1-11-6-13(10-19)18-15(7-11)16(20)9-17(22-18)12-4-3-5-14(8-12)21-2/h3-9H,10H2,1-2H3. The van der Waals surface area contributed by atoms with Crippen LogP contribution in [0.5, 0.6) is 5.75 Å².